The minimum absolute atomic E-state index is 0.476. The number of aromatic nitrogens is 2. The Kier molecular flexibility index (Phi) is 4.04. The highest BCUT2D eigenvalue weighted by molar-refractivity contribution is 7.15. The van der Waals surface area contributed by atoms with Gasteiger partial charge in [0.15, 0.2) is 4.96 Å². The molecule has 2 aromatic rings. The average Bonchev–Trinajstić information content (AvgIpc) is 2.75. The number of rotatable bonds is 5. The van der Waals surface area contributed by atoms with E-state index in [-0.39, 0.29) is 0 Å². The van der Waals surface area contributed by atoms with Crippen molar-refractivity contribution in [1.82, 2.24) is 19.6 Å². The lowest BCUT2D eigenvalue weighted by molar-refractivity contribution is 0.348. The fourth-order valence-electron chi connectivity index (χ4n) is 2.26. The Morgan fingerprint density at radius 3 is 2.83 bits per heavy atom. The summed E-state index contributed by atoms with van der Waals surface area (Å²) in [5.41, 5.74) is 3.69. The summed E-state index contributed by atoms with van der Waals surface area (Å²) in [6.07, 6.45) is 0. The van der Waals surface area contributed by atoms with Gasteiger partial charge in [-0.25, -0.2) is 4.98 Å². The number of thiazole rings is 1. The molecule has 1 N–H and O–H groups in total. The largest absolute Gasteiger partial charge is 0.308 e. The quantitative estimate of drug-likeness (QED) is 0.899. The Balaban J connectivity index is 2.11. The van der Waals surface area contributed by atoms with Gasteiger partial charge in [-0.2, -0.15) is 0 Å². The summed E-state index contributed by atoms with van der Waals surface area (Å²) in [4.78, 5) is 7.90. The van der Waals surface area contributed by atoms with Crippen LogP contribution in [0, 0.1) is 13.8 Å². The summed E-state index contributed by atoms with van der Waals surface area (Å²) in [5, 5.41) is 5.73. The summed E-state index contributed by atoms with van der Waals surface area (Å²) in [5.74, 6) is 0. The van der Waals surface area contributed by atoms with Crippen LogP contribution in [0.1, 0.15) is 24.0 Å². The number of hydrogen-bond acceptors (Lipinski definition) is 4. The van der Waals surface area contributed by atoms with E-state index in [4.69, 9.17) is 0 Å². The Morgan fingerprint density at radius 2 is 2.17 bits per heavy atom. The van der Waals surface area contributed by atoms with E-state index >= 15 is 0 Å². The van der Waals surface area contributed by atoms with Crippen molar-refractivity contribution in [2.45, 2.75) is 33.4 Å². The lowest BCUT2D eigenvalue weighted by Gasteiger charge is -2.18. The van der Waals surface area contributed by atoms with Gasteiger partial charge < -0.3 is 10.2 Å². The number of fused-ring (bicyclic) bond motifs is 1. The summed E-state index contributed by atoms with van der Waals surface area (Å²) in [6, 6.07) is 0.476. The molecule has 0 bridgehead atoms. The zero-order valence-electron chi connectivity index (χ0n) is 11.8. The number of nitrogens with zero attached hydrogens (tertiary/aromatic N) is 3. The van der Waals surface area contributed by atoms with E-state index in [2.05, 4.69) is 59.8 Å². The van der Waals surface area contributed by atoms with Crippen LogP contribution >= 0.6 is 11.3 Å². The molecule has 0 spiro atoms. The maximum Gasteiger partial charge on any atom is 0.194 e. The molecule has 0 saturated carbocycles. The third-order valence-electron chi connectivity index (χ3n) is 3.09. The fraction of sp³-hybridized carbons (Fsp3) is 0.615. The molecule has 5 heteroatoms. The van der Waals surface area contributed by atoms with Crippen molar-refractivity contribution < 1.29 is 0 Å². The molecule has 0 amide bonds. The minimum Gasteiger partial charge on any atom is -0.308 e. The van der Waals surface area contributed by atoms with E-state index in [1.165, 1.54) is 11.4 Å². The van der Waals surface area contributed by atoms with Crippen LogP contribution in [0.5, 0.6) is 0 Å². The number of hydrogen-bond donors (Lipinski definition) is 1. The van der Waals surface area contributed by atoms with Gasteiger partial charge in [-0.1, -0.05) is 0 Å². The van der Waals surface area contributed by atoms with E-state index in [1.54, 1.807) is 11.3 Å². The number of nitrogens with one attached hydrogen (secondary N) is 1. The molecule has 18 heavy (non-hydrogen) atoms. The van der Waals surface area contributed by atoms with Crippen molar-refractivity contribution in [3.63, 3.8) is 0 Å². The van der Waals surface area contributed by atoms with E-state index in [1.807, 2.05) is 0 Å². The highest BCUT2D eigenvalue weighted by Gasteiger charge is 2.12. The predicted molar refractivity (Wildman–Crippen MR) is 77.4 cm³/mol. The lowest BCUT2D eigenvalue weighted by Crippen LogP contribution is -2.35. The molecule has 0 saturated heterocycles. The van der Waals surface area contributed by atoms with Crippen LogP contribution in [-0.2, 0) is 6.54 Å². The number of imidazole rings is 1. The molecule has 4 nitrogen and oxygen atoms in total. The highest BCUT2D eigenvalue weighted by atomic mass is 32.1. The van der Waals surface area contributed by atoms with Gasteiger partial charge in [0.05, 0.1) is 11.4 Å². The van der Waals surface area contributed by atoms with Crippen molar-refractivity contribution in [3.8, 4) is 0 Å². The standard InChI is InChI=1S/C13H22N4S/c1-9(7-16(4)5)14-6-12-11(3)15-13-17(12)10(2)8-18-13/h8-9,14H,6-7H2,1-5H3. The van der Waals surface area contributed by atoms with Crippen molar-refractivity contribution in [2.75, 3.05) is 20.6 Å². The van der Waals surface area contributed by atoms with Gasteiger partial charge >= 0.3 is 0 Å². The van der Waals surface area contributed by atoms with Crippen molar-refractivity contribution in [1.29, 1.82) is 0 Å². The van der Waals surface area contributed by atoms with Gasteiger partial charge in [0.2, 0.25) is 0 Å². The molecular weight excluding hydrogens is 244 g/mol. The van der Waals surface area contributed by atoms with Gasteiger partial charge in [0.1, 0.15) is 0 Å². The van der Waals surface area contributed by atoms with Gasteiger partial charge in [-0.15, -0.1) is 11.3 Å². The Morgan fingerprint density at radius 1 is 1.44 bits per heavy atom. The van der Waals surface area contributed by atoms with Crippen LogP contribution < -0.4 is 5.32 Å². The van der Waals surface area contributed by atoms with Crippen molar-refractivity contribution in [3.05, 3.63) is 22.5 Å². The topological polar surface area (TPSA) is 32.6 Å². The van der Waals surface area contributed by atoms with Gasteiger partial charge in [-0.3, -0.25) is 4.40 Å². The average molecular weight is 266 g/mol. The first kappa shape index (κ1) is 13.5. The molecule has 1 atom stereocenters. The van der Waals surface area contributed by atoms with Crippen LogP contribution in [0.15, 0.2) is 5.38 Å². The molecule has 2 heterocycles. The van der Waals surface area contributed by atoms with Crippen LogP contribution in [-0.4, -0.2) is 41.0 Å². The Hall–Kier alpha value is -0.910. The normalized spacial score (nSPS) is 13.7. The molecule has 2 rings (SSSR count). The SMILES string of the molecule is Cc1nc2scc(C)n2c1CNC(C)CN(C)C. The number of aryl methyl sites for hydroxylation is 2. The molecule has 0 aliphatic carbocycles. The third kappa shape index (κ3) is 2.74. The molecule has 0 fully saturated rings. The monoisotopic (exact) mass is 266 g/mol. The molecule has 0 aliphatic rings. The second-order valence-electron chi connectivity index (χ2n) is 5.18. The van der Waals surface area contributed by atoms with Crippen LogP contribution in [0.25, 0.3) is 4.96 Å². The van der Waals surface area contributed by atoms with Crippen molar-refractivity contribution >= 4 is 16.3 Å². The highest BCUT2D eigenvalue weighted by Crippen LogP contribution is 2.20. The Bertz CT molecular complexity index is 526. The summed E-state index contributed by atoms with van der Waals surface area (Å²) in [7, 11) is 4.20. The van der Waals surface area contributed by atoms with Crippen LogP contribution in [0.3, 0.4) is 0 Å². The summed E-state index contributed by atoms with van der Waals surface area (Å²) >= 11 is 1.71. The first-order valence-corrected chi connectivity index (χ1v) is 7.17. The fourth-order valence-corrected chi connectivity index (χ4v) is 3.19. The lowest BCUT2D eigenvalue weighted by atomic mass is 10.3. The van der Waals surface area contributed by atoms with E-state index < -0.39 is 0 Å². The molecule has 0 aliphatic heterocycles. The predicted octanol–water partition coefficient (Wildman–Crippen LogP) is 2.05. The molecular formula is C13H22N4S. The van der Waals surface area contributed by atoms with Gasteiger partial charge in [-0.05, 0) is 34.9 Å². The van der Waals surface area contributed by atoms with E-state index in [9.17, 15) is 0 Å². The van der Waals surface area contributed by atoms with Crippen molar-refractivity contribution in [2.24, 2.45) is 0 Å². The zero-order chi connectivity index (χ0) is 13.3. The second-order valence-corrected chi connectivity index (χ2v) is 6.02. The van der Waals surface area contributed by atoms with Gasteiger partial charge in [0.25, 0.3) is 0 Å². The number of likely N-dealkylation sites (N-methyl/N-ethyl adjacent to an activating group) is 1. The molecule has 2 aromatic heterocycles. The zero-order valence-corrected chi connectivity index (χ0v) is 12.6. The maximum atomic E-state index is 4.60. The van der Waals surface area contributed by atoms with E-state index in [0.717, 1.165) is 23.7 Å². The maximum absolute atomic E-state index is 4.60. The minimum atomic E-state index is 0.476. The Labute approximate surface area is 113 Å². The van der Waals surface area contributed by atoms with Crippen LogP contribution in [0.2, 0.25) is 0 Å². The van der Waals surface area contributed by atoms with E-state index in [0.29, 0.717) is 6.04 Å². The van der Waals surface area contributed by atoms with Crippen LogP contribution in [0.4, 0.5) is 0 Å². The second kappa shape index (κ2) is 5.38. The molecule has 1 unspecified atom stereocenters. The first-order chi connectivity index (χ1) is 8.49. The summed E-state index contributed by atoms with van der Waals surface area (Å²) < 4.78 is 2.26. The molecule has 0 aromatic carbocycles. The first-order valence-electron chi connectivity index (χ1n) is 6.29. The van der Waals surface area contributed by atoms with Gasteiger partial charge in [0, 0.05) is 30.2 Å². The molecule has 0 radical (unpaired) electrons. The molecule has 100 valence electrons. The smallest absolute Gasteiger partial charge is 0.194 e. The third-order valence-corrected chi connectivity index (χ3v) is 4.03. The summed E-state index contributed by atoms with van der Waals surface area (Å²) in [6.45, 7) is 8.36.